The molecule has 3 aromatic rings. The van der Waals surface area contributed by atoms with Crippen molar-refractivity contribution in [1.82, 2.24) is 4.90 Å². The van der Waals surface area contributed by atoms with Gasteiger partial charge in [0, 0.05) is 23.4 Å². The smallest absolute Gasteiger partial charge is 0.410 e. The van der Waals surface area contributed by atoms with Crippen molar-refractivity contribution in [3.8, 4) is 5.75 Å². The largest absolute Gasteiger partial charge is 0.495 e. The van der Waals surface area contributed by atoms with Crippen LogP contribution in [0.2, 0.25) is 0 Å². The number of para-hydroxylation sites is 1. The minimum atomic E-state index is -0.615. The van der Waals surface area contributed by atoms with Crippen molar-refractivity contribution in [3.05, 3.63) is 36.4 Å². The van der Waals surface area contributed by atoms with Crippen molar-refractivity contribution in [2.75, 3.05) is 19.0 Å². The van der Waals surface area contributed by atoms with E-state index >= 15 is 0 Å². The molecule has 7 nitrogen and oxygen atoms in total. The van der Waals surface area contributed by atoms with E-state index in [0.29, 0.717) is 30.0 Å². The van der Waals surface area contributed by atoms with Crippen LogP contribution in [-0.4, -0.2) is 42.2 Å². The van der Waals surface area contributed by atoms with Gasteiger partial charge in [-0.2, -0.15) is 0 Å². The fourth-order valence-electron chi connectivity index (χ4n) is 3.81. The second-order valence-corrected chi connectivity index (χ2v) is 8.47. The van der Waals surface area contributed by atoms with Gasteiger partial charge < -0.3 is 19.2 Å². The number of anilines is 1. The number of benzene rings is 2. The van der Waals surface area contributed by atoms with Gasteiger partial charge in [-0.25, -0.2) is 4.79 Å². The van der Waals surface area contributed by atoms with E-state index in [2.05, 4.69) is 5.32 Å². The first-order valence-corrected chi connectivity index (χ1v) is 10.1. The predicted octanol–water partition coefficient (Wildman–Crippen LogP) is 4.93. The van der Waals surface area contributed by atoms with Crippen LogP contribution in [0.1, 0.15) is 33.6 Å². The summed E-state index contributed by atoms with van der Waals surface area (Å²) in [7, 11) is 1.56. The van der Waals surface area contributed by atoms with Crippen LogP contribution in [0, 0.1) is 0 Å². The molecule has 1 unspecified atom stereocenters. The topological polar surface area (TPSA) is 81.0 Å². The quantitative estimate of drug-likeness (QED) is 0.662. The third-order valence-corrected chi connectivity index (χ3v) is 5.14. The highest BCUT2D eigenvalue weighted by atomic mass is 16.6. The lowest BCUT2D eigenvalue weighted by atomic mass is 10.1. The Morgan fingerprint density at radius 3 is 2.63 bits per heavy atom. The van der Waals surface area contributed by atoms with Gasteiger partial charge in [-0.1, -0.05) is 18.2 Å². The Morgan fingerprint density at radius 2 is 1.90 bits per heavy atom. The zero-order valence-corrected chi connectivity index (χ0v) is 17.7. The molecule has 0 spiro atoms. The Hall–Kier alpha value is -3.22. The number of likely N-dealkylation sites (tertiary alicyclic amines) is 1. The molecular formula is C23H26N2O5. The van der Waals surface area contributed by atoms with Crippen molar-refractivity contribution in [2.24, 2.45) is 0 Å². The number of amides is 2. The third-order valence-electron chi connectivity index (χ3n) is 5.14. The summed E-state index contributed by atoms with van der Waals surface area (Å²) in [6, 6.07) is 10.8. The monoisotopic (exact) mass is 410 g/mol. The molecule has 1 saturated heterocycles. The zero-order valence-electron chi connectivity index (χ0n) is 17.7. The lowest BCUT2D eigenvalue weighted by molar-refractivity contribution is -0.120. The van der Waals surface area contributed by atoms with Gasteiger partial charge >= 0.3 is 6.09 Å². The van der Waals surface area contributed by atoms with Crippen molar-refractivity contribution in [3.63, 3.8) is 0 Å². The van der Waals surface area contributed by atoms with Gasteiger partial charge in [0.25, 0.3) is 0 Å². The van der Waals surface area contributed by atoms with Gasteiger partial charge in [0.2, 0.25) is 5.91 Å². The predicted molar refractivity (Wildman–Crippen MR) is 115 cm³/mol. The zero-order chi connectivity index (χ0) is 21.5. The Bertz CT molecular complexity index is 1110. The standard InChI is InChI=1S/C23H26N2O5/c1-23(2,3)30-22(27)25-11-7-9-17(25)21(26)24-16-13-19-15(12-20(16)28-4)14-8-5-6-10-18(14)29-19/h5-6,8,10,12-13,17H,7,9,11H2,1-4H3,(H,24,26). The number of carbonyl (C=O) groups excluding carboxylic acids is 2. The molecule has 1 atom stereocenters. The summed E-state index contributed by atoms with van der Waals surface area (Å²) in [5.74, 6) is 0.260. The van der Waals surface area contributed by atoms with Gasteiger partial charge in [0.05, 0.1) is 12.8 Å². The third kappa shape index (κ3) is 3.79. The van der Waals surface area contributed by atoms with E-state index in [-0.39, 0.29) is 5.91 Å². The van der Waals surface area contributed by atoms with Crippen molar-refractivity contribution >= 4 is 39.6 Å². The minimum absolute atomic E-state index is 0.271. The number of fused-ring (bicyclic) bond motifs is 3. The number of rotatable bonds is 3. The highest BCUT2D eigenvalue weighted by molar-refractivity contribution is 6.08. The molecule has 1 aromatic heterocycles. The molecule has 1 fully saturated rings. The summed E-state index contributed by atoms with van der Waals surface area (Å²) < 4.78 is 16.9. The molecular weight excluding hydrogens is 384 g/mol. The molecule has 158 valence electrons. The number of ether oxygens (including phenoxy) is 2. The normalized spacial score (nSPS) is 16.8. The number of nitrogens with zero attached hydrogens (tertiary/aromatic N) is 1. The summed E-state index contributed by atoms with van der Waals surface area (Å²) >= 11 is 0. The van der Waals surface area contributed by atoms with Crippen molar-refractivity contribution < 1.29 is 23.5 Å². The minimum Gasteiger partial charge on any atom is -0.495 e. The molecule has 2 aromatic carbocycles. The van der Waals surface area contributed by atoms with E-state index in [1.54, 1.807) is 13.2 Å². The summed E-state index contributed by atoms with van der Waals surface area (Å²) in [6.45, 7) is 5.92. The summed E-state index contributed by atoms with van der Waals surface area (Å²) in [5, 5.41) is 4.81. The average Bonchev–Trinajstić information content (AvgIpc) is 3.30. The van der Waals surface area contributed by atoms with Crippen LogP contribution in [0.5, 0.6) is 5.75 Å². The highest BCUT2D eigenvalue weighted by Gasteiger charge is 2.37. The molecule has 2 heterocycles. The molecule has 30 heavy (non-hydrogen) atoms. The van der Waals surface area contributed by atoms with Crippen molar-refractivity contribution in [1.29, 1.82) is 0 Å². The Labute approximate surface area is 174 Å². The molecule has 2 amide bonds. The Kier molecular flexibility index (Phi) is 5.05. The molecule has 1 aliphatic rings. The number of methoxy groups -OCH3 is 1. The SMILES string of the molecule is COc1cc2c(cc1NC(=O)C1CCCN1C(=O)OC(C)(C)C)oc1ccccc12. The van der Waals surface area contributed by atoms with E-state index in [4.69, 9.17) is 13.9 Å². The van der Waals surface area contributed by atoms with Crippen LogP contribution in [0.4, 0.5) is 10.5 Å². The first kappa shape index (κ1) is 20.1. The molecule has 0 radical (unpaired) electrons. The van der Waals surface area contributed by atoms with Gasteiger partial charge in [-0.15, -0.1) is 0 Å². The van der Waals surface area contributed by atoms with Gasteiger partial charge in [-0.05, 0) is 45.7 Å². The van der Waals surface area contributed by atoms with Crippen LogP contribution in [-0.2, 0) is 9.53 Å². The first-order chi connectivity index (χ1) is 14.3. The van der Waals surface area contributed by atoms with Gasteiger partial charge in [0.1, 0.15) is 28.6 Å². The highest BCUT2D eigenvalue weighted by Crippen LogP contribution is 2.36. The number of furan rings is 1. The molecule has 4 rings (SSSR count). The lowest BCUT2D eigenvalue weighted by Crippen LogP contribution is -2.45. The van der Waals surface area contributed by atoms with E-state index in [1.807, 2.05) is 51.1 Å². The summed E-state index contributed by atoms with van der Waals surface area (Å²) in [6.07, 6.45) is 0.858. The molecule has 7 heteroatoms. The second-order valence-electron chi connectivity index (χ2n) is 8.47. The summed E-state index contributed by atoms with van der Waals surface area (Å²) in [4.78, 5) is 27.0. The van der Waals surface area contributed by atoms with E-state index in [0.717, 1.165) is 22.8 Å². The van der Waals surface area contributed by atoms with Crippen LogP contribution in [0.15, 0.2) is 40.8 Å². The fourth-order valence-corrected chi connectivity index (χ4v) is 3.81. The average molecular weight is 410 g/mol. The number of carbonyl (C=O) groups is 2. The van der Waals surface area contributed by atoms with Gasteiger partial charge in [-0.3, -0.25) is 9.69 Å². The Morgan fingerprint density at radius 1 is 1.13 bits per heavy atom. The van der Waals surface area contributed by atoms with Crippen LogP contribution in [0.3, 0.4) is 0 Å². The maximum absolute atomic E-state index is 13.0. The van der Waals surface area contributed by atoms with Crippen LogP contribution >= 0.6 is 0 Å². The maximum Gasteiger partial charge on any atom is 0.410 e. The molecule has 1 aliphatic heterocycles. The Balaban J connectivity index is 1.60. The molecule has 0 bridgehead atoms. The second kappa shape index (κ2) is 7.55. The lowest BCUT2D eigenvalue weighted by Gasteiger charge is -2.28. The number of hydrogen-bond donors (Lipinski definition) is 1. The van der Waals surface area contributed by atoms with E-state index < -0.39 is 17.7 Å². The summed E-state index contributed by atoms with van der Waals surface area (Å²) in [5.41, 5.74) is 1.31. The molecule has 0 saturated carbocycles. The van der Waals surface area contributed by atoms with Crippen LogP contribution in [0.25, 0.3) is 21.9 Å². The van der Waals surface area contributed by atoms with Crippen molar-refractivity contribution in [2.45, 2.75) is 45.3 Å². The van der Waals surface area contributed by atoms with Gasteiger partial charge in [0.15, 0.2) is 0 Å². The van der Waals surface area contributed by atoms with Crippen LogP contribution < -0.4 is 10.1 Å². The maximum atomic E-state index is 13.0. The van der Waals surface area contributed by atoms with E-state index in [9.17, 15) is 9.59 Å². The first-order valence-electron chi connectivity index (χ1n) is 10.1. The number of hydrogen-bond acceptors (Lipinski definition) is 5. The van der Waals surface area contributed by atoms with E-state index in [1.165, 1.54) is 4.90 Å². The fraction of sp³-hybridized carbons (Fsp3) is 0.391. The number of nitrogens with one attached hydrogen (secondary N) is 1. The molecule has 0 aliphatic carbocycles. The molecule has 1 N–H and O–H groups in total.